The van der Waals surface area contributed by atoms with Gasteiger partial charge in [-0.1, -0.05) is 129 Å². The fraction of sp³-hybridized carbons (Fsp3) is 0.0556. The van der Waals surface area contributed by atoms with Crippen molar-refractivity contribution >= 4 is 76.8 Å². The molecular weight excluding hydrogens is 719 g/mol. The van der Waals surface area contributed by atoms with E-state index in [-0.39, 0.29) is 12.0 Å². The van der Waals surface area contributed by atoms with Crippen LogP contribution in [0.3, 0.4) is 0 Å². The molecule has 12 rings (SSSR count). The van der Waals surface area contributed by atoms with Crippen LogP contribution in [0, 0.1) is 0 Å². The topological polar surface area (TPSA) is 30.9 Å². The molecule has 5 nitrogen and oxygen atoms in total. The van der Waals surface area contributed by atoms with Gasteiger partial charge in [-0.2, -0.15) is 0 Å². The van der Waals surface area contributed by atoms with Crippen LogP contribution in [-0.4, -0.2) is 24.7 Å². The lowest BCUT2D eigenvalue weighted by Crippen LogP contribution is -2.27. The van der Waals surface area contributed by atoms with Crippen molar-refractivity contribution in [3.05, 3.63) is 206 Å². The van der Waals surface area contributed by atoms with E-state index in [2.05, 4.69) is 208 Å². The zero-order valence-corrected chi connectivity index (χ0v) is 32.6. The van der Waals surface area contributed by atoms with Crippen molar-refractivity contribution in [2.45, 2.75) is 18.9 Å². The van der Waals surface area contributed by atoms with E-state index < -0.39 is 0 Å². The number of nitrogens with zero attached hydrogens (tertiary/aromatic N) is 5. The van der Waals surface area contributed by atoms with E-state index in [1.165, 1.54) is 65.6 Å². The summed E-state index contributed by atoms with van der Waals surface area (Å²) < 4.78 is 7.22. The Labute approximate surface area is 341 Å². The van der Waals surface area contributed by atoms with Crippen LogP contribution in [0.15, 0.2) is 201 Å². The smallest absolute Gasteiger partial charge is 0.137 e. The lowest BCUT2D eigenvalue weighted by Gasteiger charge is -2.28. The number of allylic oxidation sites excluding steroid dienone is 2. The van der Waals surface area contributed by atoms with Crippen molar-refractivity contribution in [3.63, 3.8) is 0 Å². The first-order valence-electron chi connectivity index (χ1n) is 20.4. The number of para-hydroxylation sites is 4. The van der Waals surface area contributed by atoms with Crippen LogP contribution in [0.25, 0.3) is 82.6 Å². The van der Waals surface area contributed by atoms with Gasteiger partial charge >= 0.3 is 0 Å². The molecule has 1 aliphatic rings. The van der Waals surface area contributed by atoms with Crippen LogP contribution >= 0.6 is 0 Å². The molecular formula is C54H39N5. The molecule has 4 aromatic heterocycles. The lowest BCUT2D eigenvalue weighted by molar-refractivity contribution is 0.696. The molecule has 0 saturated heterocycles. The minimum Gasteiger partial charge on any atom is -0.332 e. The Morgan fingerprint density at radius 3 is 1.76 bits per heavy atom. The average molecular weight is 758 g/mol. The molecule has 0 bridgehead atoms. The summed E-state index contributed by atoms with van der Waals surface area (Å²) in [7, 11) is 0. The molecule has 2 unspecified atom stereocenters. The second-order valence-electron chi connectivity index (χ2n) is 15.6. The first kappa shape index (κ1) is 33.5. The third-order valence-electron chi connectivity index (χ3n) is 12.6. The highest BCUT2D eigenvalue weighted by molar-refractivity contribution is 6.26. The number of benzene rings is 7. The maximum Gasteiger partial charge on any atom is 0.137 e. The molecule has 5 heteroatoms. The Hall–Kier alpha value is -7.63. The maximum atomic E-state index is 4.81. The van der Waals surface area contributed by atoms with Crippen LogP contribution in [0.1, 0.15) is 18.4 Å². The maximum absolute atomic E-state index is 4.81. The van der Waals surface area contributed by atoms with Crippen LogP contribution in [0.2, 0.25) is 0 Å². The highest BCUT2D eigenvalue weighted by atomic mass is 15.2. The molecule has 5 heterocycles. The molecule has 0 N–H and O–H groups in total. The molecule has 0 aliphatic carbocycles. The number of pyridine rings is 1. The highest BCUT2D eigenvalue weighted by Gasteiger charge is 2.38. The summed E-state index contributed by atoms with van der Waals surface area (Å²) in [6, 6.07) is 61.8. The second kappa shape index (κ2) is 12.9. The average Bonchev–Trinajstić information content (AvgIpc) is 4.01. The van der Waals surface area contributed by atoms with E-state index in [4.69, 9.17) is 4.98 Å². The summed E-state index contributed by atoms with van der Waals surface area (Å²) in [5.74, 6) is 1.15. The first-order valence-corrected chi connectivity index (χ1v) is 20.4. The van der Waals surface area contributed by atoms with Crippen molar-refractivity contribution < 1.29 is 0 Å². The number of anilines is 2. The van der Waals surface area contributed by atoms with E-state index in [1.54, 1.807) is 0 Å². The standard InChI is InChI=1S/C54H39N5/c1-3-4-21-45-35(2)39-30-31-43-41-19-9-12-23-47(41)58(36-16-6-5-7-17-36)54(43)53(39)56(45)37-26-28-38(29-27-37)57-46-22-11-8-18-40(46)42-32-33-49-51(52(42)57)44-20-10-13-24-48(44)59(49)50-25-14-15-34-55-50/h3-35,45H,1H2,2H3/b21-4-. The molecule has 7 aromatic carbocycles. The Bertz CT molecular complexity index is 3480. The fourth-order valence-corrected chi connectivity index (χ4v) is 10.1. The second-order valence-corrected chi connectivity index (χ2v) is 15.6. The Morgan fingerprint density at radius 2 is 1.07 bits per heavy atom. The van der Waals surface area contributed by atoms with E-state index in [9.17, 15) is 0 Å². The van der Waals surface area contributed by atoms with Crippen LogP contribution in [0.5, 0.6) is 0 Å². The number of hydrogen-bond acceptors (Lipinski definition) is 2. The van der Waals surface area contributed by atoms with Gasteiger partial charge in [0.2, 0.25) is 0 Å². The summed E-state index contributed by atoms with van der Waals surface area (Å²) in [6.07, 6.45) is 8.18. The summed E-state index contributed by atoms with van der Waals surface area (Å²) in [5.41, 5.74) is 13.1. The van der Waals surface area contributed by atoms with Gasteiger partial charge in [-0.05, 0) is 78.4 Å². The molecule has 0 radical (unpaired) electrons. The largest absolute Gasteiger partial charge is 0.332 e. The molecule has 0 amide bonds. The van der Waals surface area contributed by atoms with Gasteiger partial charge in [0.1, 0.15) is 5.82 Å². The zero-order valence-electron chi connectivity index (χ0n) is 32.6. The Morgan fingerprint density at radius 1 is 0.492 bits per heavy atom. The summed E-state index contributed by atoms with van der Waals surface area (Å²) in [6.45, 7) is 6.42. The van der Waals surface area contributed by atoms with Gasteiger partial charge in [-0.3, -0.25) is 4.57 Å². The first-order chi connectivity index (χ1) is 29.2. The minimum atomic E-state index is 0.0901. The van der Waals surface area contributed by atoms with Gasteiger partial charge in [0.25, 0.3) is 0 Å². The normalized spacial score (nSPS) is 15.5. The predicted molar refractivity (Wildman–Crippen MR) is 247 cm³/mol. The van der Waals surface area contributed by atoms with E-state index in [0.717, 1.165) is 33.9 Å². The SMILES string of the molecule is C=C/C=C\C1C(C)c2ccc3c4ccccc4n(-c4ccccc4)c3c2N1c1ccc(-n2c3ccccc3c3ccc4c(c5ccccc5n4-c4ccccn4)c32)cc1. The van der Waals surface area contributed by atoms with Gasteiger partial charge in [0, 0.05) is 61.5 Å². The zero-order chi connectivity index (χ0) is 39.2. The van der Waals surface area contributed by atoms with E-state index in [1.807, 2.05) is 18.3 Å². The summed E-state index contributed by atoms with van der Waals surface area (Å²) >= 11 is 0. The van der Waals surface area contributed by atoms with E-state index in [0.29, 0.717) is 0 Å². The minimum absolute atomic E-state index is 0.0901. The summed E-state index contributed by atoms with van der Waals surface area (Å²) in [5, 5.41) is 7.40. The number of aromatic nitrogens is 4. The third-order valence-corrected chi connectivity index (χ3v) is 12.6. The van der Waals surface area contributed by atoms with Crippen LogP contribution in [-0.2, 0) is 0 Å². The molecule has 2 atom stereocenters. The number of hydrogen-bond donors (Lipinski definition) is 0. The van der Waals surface area contributed by atoms with Crippen molar-refractivity contribution in [1.82, 2.24) is 18.7 Å². The molecule has 59 heavy (non-hydrogen) atoms. The van der Waals surface area contributed by atoms with Gasteiger partial charge in [0.15, 0.2) is 0 Å². The predicted octanol–water partition coefficient (Wildman–Crippen LogP) is 13.7. The van der Waals surface area contributed by atoms with Gasteiger partial charge in [-0.25, -0.2) is 4.98 Å². The molecule has 11 aromatic rings. The highest BCUT2D eigenvalue weighted by Crippen LogP contribution is 2.52. The van der Waals surface area contributed by atoms with Crippen molar-refractivity contribution in [3.8, 4) is 17.2 Å². The van der Waals surface area contributed by atoms with Gasteiger partial charge < -0.3 is 14.0 Å². The third kappa shape index (κ3) is 4.76. The molecule has 0 saturated carbocycles. The van der Waals surface area contributed by atoms with Crippen molar-refractivity contribution in [2.24, 2.45) is 0 Å². The quantitative estimate of drug-likeness (QED) is 0.158. The number of fused-ring (bicyclic) bond motifs is 12. The molecule has 0 fully saturated rings. The van der Waals surface area contributed by atoms with Crippen LogP contribution < -0.4 is 4.90 Å². The Kier molecular flexibility index (Phi) is 7.35. The Balaban J connectivity index is 1.11. The van der Waals surface area contributed by atoms with Crippen molar-refractivity contribution in [2.75, 3.05) is 4.90 Å². The van der Waals surface area contributed by atoms with Crippen LogP contribution in [0.4, 0.5) is 11.4 Å². The molecule has 1 aliphatic heterocycles. The van der Waals surface area contributed by atoms with Gasteiger partial charge in [0.05, 0.1) is 44.8 Å². The van der Waals surface area contributed by atoms with Crippen molar-refractivity contribution in [1.29, 1.82) is 0 Å². The summed E-state index contributed by atoms with van der Waals surface area (Å²) in [4.78, 5) is 7.38. The van der Waals surface area contributed by atoms with E-state index >= 15 is 0 Å². The number of rotatable bonds is 6. The lowest BCUT2D eigenvalue weighted by atomic mass is 9.96. The molecule has 0 spiro atoms. The van der Waals surface area contributed by atoms with Gasteiger partial charge in [-0.15, -0.1) is 0 Å². The monoisotopic (exact) mass is 757 g/mol. The molecule has 280 valence electrons. The fourth-order valence-electron chi connectivity index (χ4n) is 10.1.